The second-order valence-electron chi connectivity index (χ2n) is 8.67. The van der Waals surface area contributed by atoms with E-state index in [0.717, 1.165) is 12.8 Å². The SMILES string of the molecule is CCCCCCCCCCCC/C=C/C1(C)OOC2CC1CC(=O)C2C. The molecular formula is C23H40O3. The van der Waals surface area contributed by atoms with Gasteiger partial charge >= 0.3 is 0 Å². The van der Waals surface area contributed by atoms with Crippen molar-refractivity contribution < 1.29 is 14.6 Å². The van der Waals surface area contributed by atoms with Crippen molar-refractivity contribution in [3.8, 4) is 0 Å². The van der Waals surface area contributed by atoms with E-state index in [4.69, 9.17) is 9.78 Å². The lowest BCUT2D eigenvalue weighted by Crippen LogP contribution is -2.52. The van der Waals surface area contributed by atoms with E-state index in [-0.39, 0.29) is 17.9 Å². The van der Waals surface area contributed by atoms with Crippen molar-refractivity contribution in [2.75, 3.05) is 0 Å². The van der Waals surface area contributed by atoms with Gasteiger partial charge in [-0.1, -0.05) is 83.8 Å². The van der Waals surface area contributed by atoms with Gasteiger partial charge in [-0.25, -0.2) is 9.78 Å². The summed E-state index contributed by atoms with van der Waals surface area (Å²) < 4.78 is 0. The fourth-order valence-corrected chi connectivity index (χ4v) is 4.23. The molecule has 2 rings (SSSR count). The van der Waals surface area contributed by atoms with Gasteiger partial charge in [0.15, 0.2) is 0 Å². The topological polar surface area (TPSA) is 35.5 Å². The van der Waals surface area contributed by atoms with Gasteiger partial charge in [-0.3, -0.25) is 4.79 Å². The van der Waals surface area contributed by atoms with Gasteiger partial charge in [0.1, 0.15) is 17.5 Å². The molecule has 4 atom stereocenters. The number of carbonyl (C=O) groups is 1. The fraction of sp³-hybridized carbons (Fsp3) is 0.870. The summed E-state index contributed by atoms with van der Waals surface area (Å²) in [6.45, 7) is 6.29. The Kier molecular flexibility index (Phi) is 9.35. The van der Waals surface area contributed by atoms with E-state index < -0.39 is 5.60 Å². The van der Waals surface area contributed by atoms with Gasteiger partial charge in [0.05, 0.1) is 0 Å². The van der Waals surface area contributed by atoms with Crippen molar-refractivity contribution in [2.24, 2.45) is 11.8 Å². The first-order valence-corrected chi connectivity index (χ1v) is 11.1. The van der Waals surface area contributed by atoms with Crippen LogP contribution >= 0.6 is 0 Å². The van der Waals surface area contributed by atoms with Gasteiger partial charge < -0.3 is 0 Å². The first-order chi connectivity index (χ1) is 12.6. The number of hydrogen-bond acceptors (Lipinski definition) is 3. The minimum Gasteiger partial charge on any atom is -0.299 e. The largest absolute Gasteiger partial charge is 0.299 e. The van der Waals surface area contributed by atoms with E-state index in [2.05, 4.69) is 26.0 Å². The van der Waals surface area contributed by atoms with Crippen LogP contribution in [0, 0.1) is 11.8 Å². The number of unbranched alkanes of at least 4 members (excludes halogenated alkanes) is 10. The molecule has 1 aliphatic heterocycles. The highest BCUT2D eigenvalue weighted by molar-refractivity contribution is 5.82. The lowest BCUT2D eigenvalue weighted by atomic mass is 9.71. The second kappa shape index (κ2) is 11.2. The molecular weight excluding hydrogens is 324 g/mol. The molecule has 0 radical (unpaired) electrons. The summed E-state index contributed by atoms with van der Waals surface area (Å²) in [6.07, 6.45) is 20.7. The summed E-state index contributed by atoms with van der Waals surface area (Å²) in [4.78, 5) is 23.4. The van der Waals surface area contributed by atoms with E-state index in [1.54, 1.807) is 0 Å². The average molecular weight is 365 g/mol. The van der Waals surface area contributed by atoms with Gasteiger partial charge in [-0.15, -0.1) is 0 Å². The van der Waals surface area contributed by atoms with Crippen LogP contribution in [0.2, 0.25) is 0 Å². The maximum atomic E-state index is 12.1. The number of carbonyl (C=O) groups excluding carboxylic acids is 1. The third-order valence-corrected chi connectivity index (χ3v) is 6.36. The van der Waals surface area contributed by atoms with Crippen molar-refractivity contribution in [3.63, 3.8) is 0 Å². The summed E-state index contributed by atoms with van der Waals surface area (Å²) >= 11 is 0. The minimum atomic E-state index is -0.440. The van der Waals surface area contributed by atoms with Crippen LogP contribution in [0.25, 0.3) is 0 Å². The highest BCUT2D eigenvalue weighted by atomic mass is 17.2. The lowest BCUT2D eigenvalue weighted by molar-refractivity contribution is -0.415. The molecule has 150 valence electrons. The first kappa shape index (κ1) is 21.6. The zero-order valence-electron chi connectivity index (χ0n) is 17.3. The van der Waals surface area contributed by atoms with Gasteiger partial charge in [-0.05, 0) is 26.2 Å². The molecule has 1 saturated heterocycles. The summed E-state index contributed by atoms with van der Waals surface area (Å²) in [5, 5.41) is 0. The van der Waals surface area contributed by atoms with Crippen LogP contribution in [0.1, 0.15) is 104 Å². The molecule has 0 N–H and O–H groups in total. The molecule has 1 saturated carbocycles. The van der Waals surface area contributed by atoms with Crippen molar-refractivity contribution in [1.29, 1.82) is 0 Å². The molecule has 2 fully saturated rings. The molecule has 2 bridgehead atoms. The Bertz CT molecular complexity index is 445. The van der Waals surface area contributed by atoms with Crippen LogP contribution in [-0.2, 0) is 14.6 Å². The smallest absolute Gasteiger partial charge is 0.138 e. The van der Waals surface area contributed by atoms with Crippen molar-refractivity contribution >= 4 is 5.78 Å². The minimum absolute atomic E-state index is 0.0218. The molecule has 3 heteroatoms. The predicted octanol–water partition coefficient (Wildman–Crippen LogP) is 6.56. The number of Topliss-reactive ketones (excluding diaryl/α,β-unsaturated/α-hetero) is 1. The number of allylic oxidation sites excluding steroid dienone is 1. The third kappa shape index (κ3) is 6.49. The second-order valence-corrected chi connectivity index (χ2v) is 8.67. The van der Waals surface area contributed by atoms with Crippen LogP contribution in [0.5, 0.6) is 0 Å². The number of ketones is 1. The zero-order chi connectivity index (χ0) is 18.8. The standard InChI is InChI=1S/C23H40O3/c1-4-5-6-7-8-9-10-11-12-13-14-15-16-23(3)20-17-21(24)19(2)22(18-20)25-26-23/h15-16,19-20,22H,4-14,17-18H2,1-3H3/b16-15+. The van der Waals surface area contributed by atoms with Crippen LogP contribution in [0.4, 0.5) is 0 Å². The molecule has 0 spiro atoms. The molecule has 2 aliphatic rings. The quantitative estimate of drug-likeness (QED) is 0.223. The maximum Gasteiger partial charge on any atom is 0.138 e. The van der Waals surface area contributed by atoms with Gasteiger partial charge in [0.25, 0.3) is 0 Å². The summed E-state index contributed by atoms with van der Waals surface area (Å²) in [6, 6.07) is 0. The molecule has 0 aromatic heterocycles. The van der Waals surface area contributed by atoms with Crippen molar-refractivity contribution in [2.45, 2.75) is 116 Å². The average Bonchev–Trinajstić information content (AvgIpc) is 2.63. The number of hydrogen-bond donors (Lipinski definition) is 0. The summed E-state index contributed by atoms with van der Waals surface area (Å²) in [7, 11) is 0. The molecule has 0 aromatic carbocycles. The Morgan fingerprint density at radius 2 is 1.65 bits per heavy atom. The molecule has 0 amide bonds. The number of rotatable bonds is 12. The molecule has 3 nitrogen and oxygen atoms in total. The maximum absolute atomic E-state index is 12.1. The Hall–Kier alpha value is -0.670. The molecule has 1 aliphatic carbocycles. The van der Waals surface area contributed by atoms with Crippen LogP contribution < -0.4 is 0 Å². The molecule has 1 heterocycles. The third-order valence-electron chi connectivity index (χ3n) is 6.36. The van der Waals surface area contributed by atoms with Crippen molar-refractivity contribution in [3.05, 3.63) is 12.2 Å². The summed E-state index contributed by atoms with van der Waals surface area (Å²) in [5.74, 6) is 0.559. The Labute approximate surface area is 160 Å². The number of fused-ring (bicyclic) bond motifs is 2. The van der Waals surface area contributed by atoms with Crippen LogP contribution in [0.3, 0.4) is 0 Å². The van der Waals surface area contributed by atoms with Crippen LogP contribution in [-0.4, -0.2) is 17.5 Å². The van der Waals surface area contributed by atoms with E-state index in [1.807, 2.05) is 6.92 Å². The zero-order valence-corrected chi connectivity index (χ0v) is 17.3. The van der Waals surface area contributed by atoms with Crippen LogP contribution in [0.15, 0.2) is 12.2 Å². The fourth-order valence-electron chi connectivity index (χ4n) is 4.23. The van der Waals surface area contributed by atoms with E-state index in [0.29, 0.717) is 12.2 Å². The normalized spacial score (nSPS) is 31.7. The first-order valence-electron chi connectivity index (χ1n) is 11.1. The van der Waals surface area contributed by atoms with Crippen molar-refractivity contribution in [1.82, 2.24) is 0 Å². The highest BCUT2D eigenvalue weighted by Gasteiger charge is 2.48. The Morgan fingerprint density at radius 1 is 1.04 bits per heavy atom. The Morgan fingerprint density at radius 3 is 2.31 bits per heavy atom. The lowest BCUT2D eigenvalue weighted by Gasteiger charge is -2.45. The molecule has 26 heavy (non-hydrogen) atoms. The van der Waals surface area contributed by atoms with Gasteiger partial charge in [0, 0.05) is 18.3 Å². The van der Waals surface area contributed by atoms with Gasteiger partial charge in [0.2, 0.25) is 0 Å². The Balaban J connectivity index is 1.55. The van der Waals surface area contributed by atoms with E-state index in [1.165, 1.54) is 64.2 Å². The summed E-state index contributed by atoms with van der Waals surface area (Å²) in [5.41, 5.74) is -0.440. The highest BCUT2D eigenvalue weighted by Crippen LogP contribution is 2.42. The van der Waals surface area contributed by atoms with E-state index >= 15 is 0 Å². The molecule has 4 unspecified atom stereocenters. The molecule has 0 aromatic rings. The van der Waals surface area contributed by atoms with E-state index in [9.17, 15) is 4.79 Å². The predicted molar refractivity (Wildman–Crippen MR) is 107 cm³/mol. The van der Waals surface area contributed by atoms with Gasteiger partial charge in [-0.2, -0.15) is 0 Å². The monoisotopic (exact) mass is 364 g/mol.